The zero-order chi connectivity index (χ0) is 12.0. The van der Waals surface area contributed by atoms with E-state index in [2.05, 4.69) is 18.7 Å². The number of hydrogen-bond acceptors (Lipinski definition) is 3. The summed E-state index contributed by atoms with van der Waals surface area (Å²) in [7, 11) is -2.50. The van der Waals surface area contributed by atoms with Gasteiger partial charge in [-0.2, -0.15) is 0 Å². The monoisotopic (exact) mass is 245 g/mol. The van der Waals surface area contributed by atoms with Gasteiger partial charge in [0.25, 0.3) is 0 Å². The Kier molecular flexibility index (Phi) is 3.05. The Morgan fingerprint density at radius 1 is 1.19 bits per heavy atom. The Balaban J connectivity index is 2.03. The molecule has 94 valence electrons. The van der Waals surface area contributed by atoms with Gasteiger partial charge in [-0.05, 0) is 33.1 Å². The van der Waals surface area contributed by atoms with E-state index in [4.69, 9.17) is 4.78 Å². The molecular formula is C11H23N3OS. The number of nitrogens with zero attached hydrogens (tertiary/aromatic N) is 2. The maximum absolute atomic E-state index is 11.8. The highest BCUT2D eigenvalue weighted by atomic mass is 32.2. The van der Waals surface area contributed by atoms with Crippen LogP contribution in [0.1, 0.15) is 33.1 Å². The molecule has 0 amide bonds. The first-order valence-electron chi connectivity index (χ1n) is 6.11. The van der Waals surface area contributed by atoms with Gasteiger partial charge in [0.2, 0.25) is 0 Å². The van der Waals surface area contributed by atoms with Crippen molar-refractivity contribution in [2.24, 2.45) is 0 Å². The van der Waals surface area contributed by atoms with E-state index in [1.807, 2.05) is 4.31 Å². The summed E-state index contributed by atoms with van der Waals surface area (Å²) in [6.07, 6.45) is 4.84. The van der Waals surface area contributed by atoms with Gasteiger partial charge in [0, 0.05) is 37.5 Å². The molecule has 5 heteroatoms. The summed E-state index contributed by atoms with van der Waals surface area (Å²) in [5.41, 5.74) is 0.0962. The molecule has 0 bridgehead atoms. The highest BCUT2D eigenvalue weighted by molar-refractivity contribution is 7.89. The molecular weight excluding hydrogens is 222 g/mol. The summed E-state index contributed by atoms with van der Waals surface area (Å²) in [4.78, 5) is 2.48. The van der Waals surface area contributed by atoms with Crippen LogP contribution in [0, 0.1) is 4.78 Å². The molecule has 0 saturated carbocycles. The minimum absolute atomic E-state index is 0.0962. The maximum atomic E-state index is 11.8. The van der Waals surface area contributed by atoms with Crippen LogP contribution >= 0.6 is 0 Å². The molecule has 1 unspecified atom stereocenters. The van der Waals surface area contributed by atoms with Gasteiger partial charge in [-0.25, -0.2) is 13.3 Å². The molecule has 1 N–H and O–H groups in total. The Morgan fingerprint density at radius 3 is 2.00 bits per heavy atom. The molecule has 2 fully saturated rings. The zero-order valence-corrected chi connectivity index (χ0v) is 11.3. The second-order valence-corrected chi connectivity index (χ2v) is 7.55. The van der Waals surface area contributed by atoms with Crippen LogP contribution in [0.4, 0.5) is 0 Å². The van der Waals surface area contributed by atoms with Crippen molar-refractivity contribution in [2.75, 3.05) is 25.9 Å². The average molecular weight is 245 g/mol. The molecule has 2 rings (SSSR count). The fourth-order valence-electron chi connectivity index (χ4n) is 3.02. The fraction of sp³-hybridized carbons (Fsp3) is 1.00. The van der Waals surface area contributed by atoms with E-state index in [-0.39, 0.29) is 5.54 Å². The third-order valence-corrected chi connectivity index (χ3v) is 5.60. The Hall–Kier alpha value is -0.130. The first-order valence-corrected chi connectivity index (χ1v) is 8.03. The van der Waals surface area contributed by atoms with E-state index >= 15 is 0 Å². The zero-order valence-electron chi connectivity index (χ0n) is 10.5. The lowest BCUT2D eigenvalue weighted by atomic mass is 9.78. The number of hydrogen-bond donors (Lipinski definition) is 1. The molecule has 0 aromatic rings. The minimum atomic E-state index is -2.50. The van der Waals surface area contributed by atoms with Crippen LogP contribution in [0.15, 0.2) is 0 Å². The molecule has 0 radical (unpaired) electrons. The summed E-state index contributed by atoms with van der Waals surface area (Å²) < 4.78 is 21.5. The molecule has 16 heavy (non-hydrogen) atoms. The SMILES string of the molecule is CC(C)N1CCC2(CC1)CCN2S(C)(=N)=O. The third-order valence-electron chi connectivity index (χ3n) is 4.19. The quantitative estimate of drug-likeness (QED) is 0.802. The Labute approximate surface area is 99.1 Å². The highest BCUT2D eigenvalue weighted by Crippen LogP contribution is 2.41. The van der Waals surface area contributed by atoms with E-state index < -0.39 is 9.92 Å². The molecule has 2 aliphatic rings. The molecule has 1 atom stereocenters. The van der Waals surface area contributed by atoms with Gasteiger partial charge < -0.3 is 4.90 Å². The molecule has 2 saturated heterocycles. The topological polar surface area (TPSA) is 47.4 Å². The first kappa shape index (κ1) is 12.3. The van der Waals surface area contributed by atoms with Gasteiger partial charge in [0.05, 0.1) is 0 Å². The van der Waals surface area contributed by atoms with Crippen LogP contribution in [0.5, 0.6) is 0 Å². The molecule has 2 aliphatic heterocycles. The molecule has 0 aromatic heterocycles. The lowest BCUT2D eigenvalue weighted by molar-refractivity contribution is -0.000739. The second kappa shape index (κ2) is 3.96. The number of nitrogens with one attached hydrogen (secondary N) is 1. The summed E-state index contributed by atoms with van der Waals surface area (Å²) >= 11 is 0. The van der Waals surface area contributed by atoms with Crippen molar-refractivity contribution in [3.63, 3.8) is 0 Å². The summed E-state index contributed by atoms with van der Waals surface area (Å²) in [5, 5.41) is 0. The molecule has 4 nitrogen and oxygen atoms in total. The van der Waals surface area contributed by atoms with Crippen molar-refractivity contribution in [1.82, 2.24) is 9.21 Å². The van der Waals surface area contributed by atoms with Gasteiger partial charge in [0.15, 0.2) is 0 Å². The standard InChI is InChI=1S/C11H23N3OS/c1-10(2)13-7-4-11(5-8-13)6-9-14(11)16(3,12)15/h10,12H,4-9H2,1-3H3. The second-order valence-electron chi connectivity index (χ2n) is 5.51. The number of likely N-dealkylation sites (tertiary alicyclic amines) is 1. The van der Waals surface area contributed by atoms with Crippen molar-refractivity contribution in [3.05, 3.63) is 0 Å². The molecule has 2 heterocycles. The highest BCUT2D eigenvalue weighted by Gasteiger charge is 2.49. The Bertz CT molecular complexity index is 355. The maximum Gasteiger partial charge on any atom is 0.105 e. The van der Waals surface area contributed by atoms with E-state index in [0.29, 0.717) is 6.04 Å². The minimum Gasteiger partial charge on any atom is -0.301 e. The largest absolute Gasteiger partial charge is 0.301 e. The van der Waals surface area contributed by atoms with Crippen molar-refractivity contribution in [2.45, 2.75) is 44.7 Å². The third kappa shape index (κ3) is 2.00. The average Bonchev–Trinajstić information content (AvgIpc) is 2.13. The van der Waals surface area contributed by atoms with Crippen LogP contribution in [0.2, 0.25) is 0 Å². The van der Waals surface area contributed by atoms with Gasteiger partial charge in [-0.15, -0.1) is 0 Å². The molecule has 1 spiro atoms. The predicted molar refractivity (Wildman–Crippen MR) is 66.8 cm³/mol. The van der Waals surface area contributed by atoms with Crippen LogP contribution in [0.3, 0.4) is 0 Å². The van der Waals surface area contributed by atoms with Crippen LogP contribution in [0.25, 0.3) is 0 Å². The van der Waals surface area contributed by atoms with Crippen LogP contribution < -0.4 is 0 Å². The normalized spacial score (nSPS) is 30.2. The lowest BCUT2D eigenvalue weighted by Gasteiger charge is -2.56. The van der Waals surface area contributed by atoms with Gasteiger partial charge in [-0.3, -0.25) is 0 Å². The summed E-state index contributed by atoms with van der Waals surface area (Å²) in [6, 6.07) is 0.605. The predicted octanol–water partition coefficient (Wildman–Crippen LogP) is 1.53. The van der Waals surface area contributed by atoms with Gasteiger partial charge in [-0.1, -0.05) is 0 Å². The lowest BCUT2D eigenvalue weighted by Crippen LogP contribution is -2.65. The number of rotatable bonds is 2. The summed E-state index contributed by atoms with van der Waals surface area (Å²) in [6.45, 7) is 7.47. The van der Waals surface area contributed by atoms with Crippen LogP contribution in [-0.2, 0) is 9.92 Å². The van der Waals surface area contributed by atoms with Crippen LogP contribution in [-0.4, -0.2) is 50.9 Å². The summed E-state index contributed by atoms with van der Waals surface area (Å²) in [5.74, 6) is 0. The van der Waals surface area contributed by atoms with Crippen molar-refractivity contribution >= 4 is 9.92 Å². The molecule has 0 aliphatic carbocycles. The van der Waals surface area contributed by atoms with Crippen molar-refractivity contribution in [1.29, 1.82) is 4.78 Å². The van der Waals surface area contributed by atoms with E-state index in [1.54, 1.807) is 6.26 Å². The van der Waals surface area contributed by atoms with Gasteiger partial charge >= 0.3 is 0 Å². The number of piperidine rings is 1. The molecule has 0 aromatic carbocycles. The van der Waals surface area contributed by atoms with E-state index in [9.17, 15) is 4.21 Å². The smallest absolute Gasteiger partial charge is 0.105 e. The van der Waals surface area contributed by atoms with E-state index in [0.717, 1.165) is 38.9 Å². The first-order chi connectivity index (χ1) is 7.35. The van der Waals surface area contributed by atoms with Crippen molar-refractivity contribution in [3.8, 4) is 0 Å². The van der Waals surface area contributed by atoms with Gasteiger partial charge in [0.1, 0.15) is 9.92 Å². The van der Waals surface area contributed by atoms with E-state index in [1.165, 1.54) is 0 Å². The Morgan fingerprint density at radius 2 is 1.69 bits per heavy atom. The van der Waals surface area contributed by atoms with Crippen molar-refractivity contribution < 1.29 is 4.21 Å². The fourth-order valence-corrected chi connectivity index (χ4v) is 4.47.